The summed E-state index contributed by atoms with van der Waals surface area (Å²) < 4.78 is 0. The fraction of sp³-hybridized carbons (Fsp3) is 0.667. The fourth-order valence-electron chi connectivity index (χ4n) is 1.99. The number of aliphatic carboxylic acids is 2. The van der Waals surface area contributed by atoms with Gasteiger partial charge >= 0.3 is 11.9 Å². The molecule has 0 fully saturated rings. The third kappa shape index (κ3) is 10.1. The maximum atomic E-state index is 12.2. The molecule has 3 amide bonds. The molecule has 0 spiro atoms. The second-order valence-corrected chi connectivity index (χ2v) is 6.86. The predicted octanol–water partition coefficient (Wildman–Crippen LogP) is -3.93. The van der Waals surface area contributed by atoms with Crippen LogP contribution in [-0.4, -0.2) is 99.5 Å². The number of rotatable bonds is 14. The van der Waals surface area contributed by atoms with E-state index in [4.69, 9.17) is 15.9 Å². The van der Waals surface area contributed by atoms with Gasteiger partial charge in [0.1, 0.15) is 18.1 Å². The van der Waals surface area contributed by atoms with Crippen LogP contribution in [0.5, 0.6) is 0 Å². The van der Waals surface area contributed by atoms with Gasteiger partial charge in [0.2, 0.25) is 17.7 Å². The number of hydrogen-bond donors (Lipinski definition) is 8. The van der Waals surface area contributed by atoms with Gasteiger partial charge in [-0.3, -0.25) is 19.2 Å². The molecule has 9 N–H and O–H groups in total. The molecular weight excluding hydrogens is 412 g/mol. The van der Waals surface area contributed by atoms with E-state index in [0.717, 1.165) is 0 Å². The molecule has 14 heteroatoms. The van der Waals surface area contributed by atoms with Crippen molar-refractivity contribution in [1.82, 2.24) is 16.0 Å². The largest absolute Gasteiger partial charge is 0.481 e. The number of nitrogens with two attached hydrogens (primary N) is 1. The van der Waals surface area contributed by atoms with Crippen LogP contribution in [0.25, 0.3) is 0 Å². The Hall–Kier alpha value is -2.42. The van der Waals surface area contributed by atoms with Crippen LogP contribution in [0.4, 0.5) is 0 Å². The Morgan fingerprint density at radius 3 is 1.69 bits per heavy atom. The number of carbonyl (C=O) groups is 5. The van der Waals surface area contributed by atoms with E-state index in [-0.39, 0.29) is 6.42 Å². The minimum absolute atomic E-state index is 0.116. The zero-order chi connectivity index (χ0) is 22.6. The topological polar surface area (TPSA) is 228 Å². The minimum atomic E-state index is -1.57. The summed E-state index contributed by atoms with van der Waals surface area (Å²) in [5.74, 6) is -5.24. The molecule has 0 rings (SSSR count). The predicted molar refractivity (Wildman–Crippen MR) is 101 cm³/mol. The van der Waals surface area contributed by atoms with Gasteiger partial charge in [-0.25, -0.2) is 4.79 Å². The number of carbonyl (C=O) groups excluding carboxylic acids is 3. The van der Waals surface area contributed by atoms with Crippen molar-refractivity contribution in [3.8, 4) is 0 Å². The zero-order valence-corrected chi connectivity index (χ0v) is 16.5. The highest BCUT2D eigenvalue weighted by atomic mass is 32.2. The van der Waals surface area contributed by atoms with Crippen LogP contribution in [0.3, 0.4) is 0 Å². The second kappa shape index (κ2) is 13.7. The number of carboxylic acids is 2. The average molecular weight is 438 g/mol. The van der Waals surface area contributed by atoms with Crippen LogP contribution in [0.15, 0.2) is 0 Å². The first-order valence-electron chi connectivity index (χ1n) is 8.39. The van der Waals surface area contributed by atoms with Crippen molar-refractivity contribution < 1.29 is 44.4 Å². The average Bonchev–Trinajstić information content (AvgIpc) is 2.65. The first-order valence-corrected chi connectivity index (χ1v) is 9.78. The van der Waals surface area contributed by atoms with Gasteiger partial charge in [0.05, 0.1) is 25.7 Å². The van der Waals surface area contributed by atoms with Crippen LogP contribution >= 0.6 is 11.8 Å². The fourth-order valence-corrected chi connectivity index (χ4v) is 2.46. The zero-order valence-electron chi connectivity index (χ0n) is 15.7. The van der Waals surface area contributed by atoms with Crippen LogP contribution in [0, 0.1) is 0 Å². The molecule has 4 unspecified atom stereocenters. The molecule has 4 atom stereocenters. The lowest BCUT2D eigenvalue weighted by molar-refractivity contribution is -0.142. The van der Waals surface area contributed by atoms with Crippen molar-refractivity contribution in [1.29, 1.82) is 0 Å². The van der Waals surface area contributed by atoms with Gasteiger partial charge in [0, 0.05) is 0 Å². The second-order valence-electron chi connectivity index (χ2n) is 5.87. The van der Waals surface area contributed by atoms with Gasteiger partial charge in [0.25, 0.3) is 0 Å². The quantitative estimate of drug-likeness (QED) is 0.130. The molecule has 166 valence electrons. The smallest absolute Gasteiger partial charge is 0.326 e. The summed E-state index contributed by atoms with van der Waals surface area (Å²) in [6, 6.07) is -5.82. The van der Waals surface area contributed by atoms with Crippen molar-refractivity contribution in [2.24, 2.45) is 5.73 Å². The molecule has 29 heavy (non-hydrogen) atoms. The number of thioether (sulfide) groups is 1. The number of aliphatic hydroxyl groups excluding tert-OH is 2. The Morgan fingerprint density at radius 2 is 1.31 bits per heavy atom. The highest BCUT2D eigenvalue weighted by molar-refractivity contribution is 7.98. The van der Waals surface area contributed by atoms with Crippen LogP contribution < -0.4 is 21.7 Å². The molecule has 0 saturated carbocycles. The number of amides is 3. The first kappa shape index (κ1) is 26.6. The molecule has 13 nitrogen and oxygen atoms in total. The van der Waals surface area contributed by atoms with E-state index in [9.17, 15) is 34.2 Å². The van der Waals surface area contributed by atoms with Crippen molar-refractivity contribution in [3.63, 3.8) is 0 Å². The minimum Gasteiger partial charge on any atom is -0.481 e. The number of carboxylic acid groups (broad SMARTS) is 2. The SMILES string of the molecule is CSCCC(NC(=O)C(CO)NC(=O)C(CO)NC(=O)C(N)CC(=O)O)C(=O)O. The summed E-state index contributed by atoms with van der Waals surface area (Å²) in [4.78, 5) is 57.8. The Morgan fingerprint density at radius 1 is 0.862 bits per heavy atom. The summed E-state index contributed by atoms with van der Waals surface area (Å²) in [5, 5.41) is 42.6. The van der Waals surface area contributed by atoms with Crippen LogP contribution in [0.1, 0.15) is 12.8 Å². The Balaban J connectivity index is 4.95. The summed E-state index contributed by atoms with van der Waals surface area (Å²) in [7, 11) is 0. The summed E-state index contributed by atoms with van der Waals surface area (Å²) >= 11 is 1.37. The van der Waals surface area contributed by atoms with E-state index in [1.165, 1.54) is 11.8 Å². The summed E-state index contributed by atoms with van der Waals surface area (Å²) in [6.45, 7) is -1.78. The van der Waals surface area contributed by atoms with Gasteiger partial charge in [-0.15, -0.1) is 0 Å². The third-order valence-electron chi connectivity index (χ3n) is 3.59. The molecule has 0 aliphatic carbocycles. The lowest BCUT2D eigenvalue weighted by atomic mass is 10.1. The Bertz CT molecular complexity index is 604. The van der Waals surface area contributed by atoms with Gasteiger partial charge < -0.3 is 42.1 Å². The van der Waals surface area contributed by atoms with Gasteiger partial charge in [-0.2, -0.15) is 11.8 Å². The van der Waals surface area contributed by atoms with Crippen LogP contribution in [0.2, 0.25) is 0 Å². The lowest BCUT2D eigenvalue weighted by Crippen LogP contribution is -2.59. The van der Waals surface area contributed by atoms with E-state index in [0.29, 0.717) is 5.75 Å². The van der Waals surface area contributed by atoms with Gasteiger partial charge in [0.15, 0.2) is 0 Å². The van der Waals surface area contributed by atoms with Crippen molar-refractivity contribution in [2.75, 3.05) is 25.2 Å². The van der Waals surface area contributed by atoms with E-state index in [1.54, 1.807) is 6.26 Å². The van der Waals surface area contributed by atoms with Gasteiger partial charge in [-0.05, 0) is 18.4 Å². The van der Waals surface area contributed by atoms with Crippen molar-refractivity contribution in [3.05, 3.63) is 0 Å². The monoisotopic (exact) mass is 438 g/mol. The van der Waals surface area contributed by atoms with E-state index in [2.05, 4.69) is 10.6 Å². The van der Waals surface area contributed by atoms with Gasteiger partial charge in [-0.1, -0.05) is 0 Å². The molecular formula is C15H26N4O9S. The Labute approximate surface area is 170 Å². The van der Waals surface area contributed by atoms with E-state index < -0.39 is 73.5 Å². The number of aliphatic hydroxyl groups is 2. The molecule has 0 bridgehead atoms. The maximum absolute atomic E-state index is 12.2. The molecule has 0 heterocycles. The lowest BCUT2D eigenvalue weighted by Gasteiger charge is -2.23. The first-order chi connectivity index (χ1) is 13.6. The standard InChI is InChI=1S/C15H26N4O9S/c1-29-3-2-8(15(27)28)17-13(25)10(6-21)19-14(26)9(5-20)18-12(24)7(16)4-11(22)23/h7-10,20-21H,2-6,16H2,1H3,(H,17,25)(H,18,24)(H,19,26)(H,22,23)(H,27,28). The molecule has 0 aromatic rings. The third-order valence-corrected chi connectivity index (χ3v) is 4.23. The summed E-state index contributed by atoms with van der Waals surface area (Å²) in [6.07, 6.45) is 1.16. The molecule has 0 saturated heterocycles. The van der Waals surface area contributed by atoms with Crippen molar-refractivity contribution in [2.45, 2.75) is 37.0 Å². The normalized spacial score (nSPS) is 14.8. The molecule has 0 aromatic heterocycles. The Kier molecular flexibility index (Phi) is 12.6. The highest BCUT2D eigenvalue weighted by Crippen LogP contribution is 2.02. The molecule has 0 aliphatic heterocycles. The molecule has 0 aliphatic rings. The summed E-state index contributed by atoms with van der Waals surface area (Å²) in [5.41, 5.74) is 5.35. The number of hydrogen-bond acceptors (Lipinski definition) is 9. The maximum Gasteiger partial charge on any atom is 0.326 e. The highest BCUT2D eigenvalue weighted by Gasteiger charge is 2.30. The number of nitrogens with one attached hydrogen (secondary N) is 3. The van der Waals surface area contributed by atoms with E-state index in [1.807, 2.05) is 5.32 Å². The molecule has 0 aromatic carbocycles. The van der Waals surface area contributed by atoms with Crippen molar-refractivity contribution >= 4 is 41.4 Å². The molecule has 0 radical (unpaired) electrons. The van der Waals surface area contributed by atoms with E-state index >= 15 is 0 Å². The van der Waals surface area contributed by atoms with Crippen LogP contribution in [-0.2, 0) is 24.0 Å².